The number of ether oxygens (including phenoxy) is 1. The first-order chi connectivity index (χ1) is 12.5. The first-order valence-corrected chi connectivity index (χ1v) is 8.59. The fourth-order valence-corrected chi connectivity index (χ4v) is 2.86. The predicted molar refractivity (Wildman–Crippen MR) is 101 cm³/mol. The smallest absolute Gasteiger partial charge is 0.302 e. The van der Waals surface area contributed by atoms with Gasteiger partial charge in [0.15, 0.2) is 12.3 Å². The van der Waals surface area contributed by atoms with Crippen LogP contribution in [0.5, 0.6) is 11.6 Å². The molecular weight excluding hydrogens is 377 g/mol. The van der Waals surface area contributed by atoms with Crippen molar-refractivity contribution in [1.29, 1.82) is 0 Å². The van der Waals surface area contributed by atoms with Crippen LogP contribution in [0.25, 0.3) is 10.9 Å². The van der Waals surface area contributed by atoms with Gasteiger partial charge in [-0.1, -0.05) is 36.2 Å². The third kappa shape index (κ3) is 3.98. The van der Waals surface area contributed by atoms with Crippen molar-refractivity contribution >= 4 is 45.7 Å². The third-order valence-corrected chi connectivity index (χ3v) is 4.26. The molecule has 0 aliphatic carbocycles. The number of carbonyl (C=O) groups is 1. The van der Waals surface area contributed by atoms with Gasteiger partial charge in [0.1, 0.15) is 5.75 Å². The molecule has 3 rings (SSSR count). The minimum absolute atomic E-state index is 0.147. The standard InChI is InChI=1S/C18H15Cl2N3O3/c1-2-10-3-5-14-12(7-10)17(18(25)21-14)23-22-16(24)9-26-15-6-4-11(19)8-13(15)20/h3-8,21,25H,2,9H2,1H3. The summed E-state index contributed by atoms with van der Waals surface area (Å²) in [5, 5.41) is 18.9. The zero-order valence-electron chi connectivity index (χ0n) is 13.8. The van der Waals surface area contributed by atoms with E-state index in [4.69, 9.17) is 27.9 Å². The van der Waals surface area contributed by atoms with E-state index in [1.165, 1.54) is 6.07 Å². The van der Waals surface area contributed by atoms with E-state index in [0.717, 1.165) is 12.0 Å². The van der Waals surface area contributed by atoms with Crippen LogP contribution in [0.15, 0.2) is 46.6 Å². The number of azo groups is 1. The number of aromatic nitrogens is 1. The van der Waals surface area contributed by atoms with E-state index in [2.05, 4.69) is 15.2 Å². The molecule has 3 aromatic rings. The van der Waals surface area contributed by atoms with Crippen LogP contribution >= 0.6 is 23.2 Å². The second-order valence-electron chi connectivity index (χ2n) is 5.51. The van der Waals surface area contributed by atoms with E-state index >= 15 is 0 Å². The number of aryl methyl sites for hydroxylation is 1. The molecule has 134 valence electrons. The van der Waals surface area contributed by atoms with Gasteiger partial charge in [0.05, 0.1) is 10.5 Å². The zero-order valence-corrected chi connectivity index (χ0v) is 15.3. The average Bonchev–Trinajstić information content (AvgIpc) is 2.93. The summed E-state index contributed by atoms with van der Waals surface area (Å²) in [5.41, 5.74) is 2.01. The highest BCUT2D eigenvalue weighted by atomic mass is 35.5. The van der Waals surface area contributed by atoms with Crippen molar-refractivity contribution in [1.82, 2.24) is 4.98 Å². The number of benzene rings is 2. The number of aromatic amines is 1. The normalized spacial score (nSPS) is 11.3. The lowest BCUT2D eigenvalue weighted by Gasteiger charge is -2.05. The van der Waals surface area contributed by atoms with E-state index < -0.39 is 5.91 Å². The van der Waals surface area contributed by atoms with Crippen molar-refractivity contribution < 1.29 is 14.6 Å². The average molecular weight is 392 g/mol. The van der Waals surface area contributed by atoms with Gasteiger partial charge in [0, 0.05) is 10.4 Å². The molecule has 0 radical (unpaired) electrons. The fourth-order valence-electron chi connectivity index (χ4n) is 2.40. The minimum atomic E-state index is -0.614. The van der Waals surface area contributed by atoms with Gasteiger partial charge < -0.3 is 14.8 Å². The van der Waals surface area contributed by atoms with Crippen molar-refractivity contribution in [3.05, 3.63) is 52.0 Å². The molecule has 0 unspecified atom stereocenters. The molecule has 2 aromatic carbocycles. The number of aromatic hydroxyl groups is 1. The van der Waals surface area contributed by atoms with E-state index in [9.17, 15) is 9.90 Å². The van der Waals surface area contributed by atoms with Gasteiger partial charge in [0.2, 0.25) is 5.88 Å². The van der Waals surface area contributed by atoms with E-state index in [1.54, 1.807) is 12.1 Å². The number of nitrogens with zero attached hydrogens (tertiary/aromatic N) is 2. The maximum absolute atomic E-state index is 11.9. The highest BCUT2D eigenvalue weighted by Gasteiger charge is 2.12. The summed E-state index contributed by atoms with van der Waals surface area (Å²) in [6.45, 7) is 1.69. The molecule has 1 heterocycles. The minimum Gasteiger partial charge on any atom is -0.493 e. The number of hydrogen-bond acceptors (Lipinski definition) is 4. The van der Waals surface area contributed by atoms with Crippen LogP contribution in [0.1, 0.15) is 12.5 Å². The molecule has 0 aliphatic heterocycles. The molecule has 0 bridgehead atoms. The highest BCUT2D eigenvalue weighted by molar-refractivity contribution is 6.35. The summed E-state index contributed by atoms with van der Waals surface area (Å²) >= 11 is 11.8. The predicted octanol–water partition coefficient (Wildman–Crippen LogP) is 5.43. The lowest BCUT2D eigenvalue weighted by molar-refractivity contribution is -0.120. The third-order valence-electron chi connectivity index (χ3n) is 3.73. The number of amides is 1. The zero-order chi connectivity index (χ0) is 18.7. The number of halogens is 2. The fraction of sp³-hybridized carbons (Fsp3) is 0.167. The first-order valence-electron chi connectivity index (χ1n) is 7.84. The van der Waals surface area contributed by atoms with Crippen molar-refractivity contribution in [2.75, 3.05) is 6.61 Å². The Balaban J connectivity index is 1.74. The summed E-state index contributed by atoms with van der Waals surface area (Å²) in [5.74, 6) is -0.440. The van der Waals surface area contributed by atoms with Crippen LogP contribution in [-0.2, 0) is 11.2 Å². The molecule has 0 fully saturated rings. The maximum atomic E-state index is 11.9. The number of fused-ring (bicyclic) bond motifs is 1. The lowest BCUT2D eigenvalue weighted by atomic mass is 10.1. The largest absolute Gasteiger partial charge is 0.493 e. The number of rotatable bonds is 5. The molecule has 0 atom stereocenters. The maximum Gasteiger partial charge on any atom is 0.302 e. The second kappa shape index (κ2) is 7.76. The monoisotopic (exact) mass is 391 g/mol. The van der Waals surface area contributed by atoms with Gasteiger partial charge in [0.25, 0.3) is 0 Å². The number of H-pyrrole nitrogens is 1. The van der Waals surface area contributed by atoms with Gasteiger partial charge in [-0.25, -0.2) is 0 Å². The lowest BCUT2D eigenvalue weighted by Crippen LogP contribution is -2.08. The van der Waals surface area contributed by atoms with Crippen LogP contribution in [0.4, 0.5) is 5.69 Å². The van der Waals surface area contributed by atoms with E-state index in [1.807, 2.05) is 25.1 Å². The van der Waals surface area contributed by atoms with Gasteiger partial charge in [-0.3, -0.25) is 4.79 Å². The Hall–Kier alpha value is -2.57. The molecule has 6 nitrogen and oxygen atoms in total. The molecule has 0 spiro atoms. The molecule has 1 aromatic heterocycles. The molecule has 8 heteroatoms. The second-order valence-corrected chi connectivity index (χ2v) is 6.36. The van der Waals surface area contributed by atoms with Gasteiger partial charge in [-0.05, 0) is 42.3 Å². The number of nitrogens with one attached hydrogen (secondary N) is 1. The van der Waals surface area contributed by atoms with Crippen LogP contribution < -0.4 is 4.74 Å². The van der Waals surface area contributed by atoms with Crippen LogP contribution in [0.2, 0.25) is 10.0 Å². The van der Waals surface area contributed by atoms with E-state index in [-0.39, 0.29) is 18.2 Å². The Morgan fingerprint density at radius 2 is 2.04 bits per heavy atom. The Morgan fingerprint density at radius 3 is 2.77 bits per heavy atom. The molecule has 0 aliphatic rings. The van der Waals surface area contributed by atoms with Crippen molar-refractivity contribution in [3.63, 3.8) is 0 Å². The Labute approximate surface area is 159 Å². The SMILES string of the molecule is CCc1ccc2[nH]c(O)c(N=NC(=O)COc3ccc(Cl)cc3Cl)c2c1. The van der Waals surface area contributed by atoms with Crippen LogP contribution in [-0.4, -0.2) is 22.6 Å². The number of hydrogen-bond donors (Lipinski definition) is 2. The quantitative estimate of drug-likeness (QED) is 0.568. The molecule has 1 amide bonds. The molecular formula is C18H15Cl2N3O3. The summed E-state index contributed by atoms with van der Waals surface area (Å²) in [4.78, 5) is 14.7. The van der Waals surface area contributed by atoms with Crippen LogP contribution in [0, 0.1) is 0 Å². The van der Waals surface area contributed by atoms with Gasteiger partial charge in [-0.15, -0.1) is 10.2 Å². The van der Waals surface area contributed by atoms with E-state index in [0.29, 0.717) is 26.7 Å². The molecule has 0 saturated heterocycles. The summed E-state index contributed by atoms with van der Waals surface area (Å²) in [6.07, 6.45) is 0.840. The summed E-state index contributed by atoms with van der Waals surface area (Å²) < 4.78 is 5.31. The highest BCUT2D eigenvalue weighted by Crippen LogP contribution is 2.36. The van der Waals surface area contributed by atoms with Crippen molar-refractivity contribution in [2.45, 2.75) is 13.3 Å². The topological polar surface area (TPSA) is 87.0 Å². The first kappa shape index (κ1) is 18.2. The van der Waals surface area contributed by atoms with Crippen molar-refractivity contribution in [3.8, 4) is 11.6 Å². The van der Waals surface area contributed by atoms with Crippen molar-refractivity contribution in [2.24, 2.45) is 10.2 Å². The molecule has 26 heavy (non-hydrogen) atoms. The molecule has 0 saturated carbocycles. The van der Waals surface area contributed by atoms with Gasteiger partial charge in [-0.2, -0.15) is 0 Å². The number of carbonyl (C=O) groups excluding carboxylic acids is 1. The summed E-state index contributed by atoms with van der Waals surface area (Å²) in [7, 11) is 0. The van der Waals surface area contributed by atoms with Crippen LogP contribution in [0.3, 0.4) is 0 Å². The molecule has 2 N–H and O–H groups in total. The summed E-state index contributed by atoms with van der Waals surface area (Å²) in [6, 6.07) is 10.4. The Kier molecular flexibility index (Phi) is 5.44. The Bertz CT molecular complexity index is 999. The van der Waals surface area contributed by atoms with Gasteiger partial charge >= 0.3 is 5.91 Å². The Morgan fingerprint density at radius 1 is 1.23 bits per heavy atom.